The summed E-state index contributed by atoms with van der Waals surface area (Å²) in [6.45, 7) is 0. The molecule has 0 spiro atoms. The van der Waals surface area contributed by atoms with E-state index in [1.807, 2.05) is 30.3 Å². The fraction of sp³-hybridized carbons (Fsp3) is 0.0833. The molecule has 0 unspecified atom stereocenters. The number of ether oxygens (including phenoxy) is 1. The minimum Gasteiger partial charge on any atom is -0.497 e. The maximum Gasteiger partial charge on any atom is 0.119 e. The lowest BCUT2D eigenvalue weighted by Crippen LogP contribution is -1.86. The quantitative estimate of drug-likeness (QED) is 0.812. The normalized spacial score (nSPS) is 10.2. The molecule has 0 aliphatic rings. The molecule has 2 rings (SSSR count). The van der Waals surface area contributed by atoms with Crippen molar-refractivity contribution < 1.29 is 4.74 Å². The van der Waals surface area contributed by atoms with Crippen molar-refractivity contribution >= 4 is 31.9 Å². The van der Waals surface area contributed by atoms with Crippen molar-refractivity contribution in [3.05, 3.63) is 45.5 Å². The Labute approximate surface area is 111 Å². The molecule has 0 radical (unpaired) electrons. The molecule has 0 amide bonds. The van der Waals surface area contributed by atoms with Crippen molar-refractivity contribution in [3.63, 3.8) is 0 Å². The Kier molecular flexibility index (Phi) is 3.61. The van der Waals surface area contributed by atoms with Crippen LogP contribution in [0.2, 0.25) is 0 Å². The molecular weight excluding hydrogens is 334 g/mol. The number of methoxy groups -OCH3 is 1. The van der Waals surface area contributed by atoms with Crippen molar-refractivity contribution in [2.45, 2.75) is 0 Å². The predicted octanol–water partition coefficient (Wildman–Crippen LogP) is 4.28. The minimum atomic E-state index is 0.832. The predicted molar refractivity (Wildman–Crippen MR) is 71.6 cm³/mol. The van der Waals surface area contributed by atoms with E-state index < -0.39 is 0 Å². The number of halogens is 2. The average Bonchev–Trinajstić information content (AvgIpc) is 2.33. The van der Waals surface area contributed by atoms with Crippen molar-refractivity contribution in [2.24, 2.45) is 0 Å². The van der Waals surface area contributed by atoms with Crippen molar-refractivity contribution in [1.82, 2.24) is 4.98 Å². The van der Waals surface area contributed by atoms with Crippen LogP contribution in [0.1, 0.15) is 0 Å². The molecule has 0 saturated heterocycles. The van der Waals surface area contributed by atoms with Gasteiger partial charge < -0.3 is 4.74 Å². The van der Waals surface area contributed by atoms with Gasteiger partial charge in [-0.2, -0.15) is 0 Å². The van der Waals surface area contributed by atoms with Crippen LogP contribution in [-0.4, -0.2) is 12.1 Å². The van der Waals surface area contributed by atoms with Crippen molar-refractivity contribution in [1.29, 1.82) is 0 Å². The molecule has 16 heavy (non-hydrogen) atoms. The summed E-state index contributed by atoms with van der Waals surface area (Å²) >= 11 is 6.86. The second-order valence-corrected chi connectivity index (χ2v) is 4.92. The number of aromatic nitrogens is 1. The summed E-state index contributed by atoms with van der Waals surface area (Å²) in [7, 11) is 1.66. The topological polar surface area (TPSA) is 22.1 Å². The molecule has 4 heteroatoms. The molecule has 0 aliphatic carbocycles. The molecule has 0 bridgehead atoms. The van der Waals surface area contributed by atoms with Gasteiger partial charge >= 0.3 is 0 Å². The number of pyridine rings is 1. The zero-order valence-electron chi connectivity index (χ0n) is 8.58. The van der Waals surface area contributed by atoms with Crippen LogP contribution in [0.25, 0.3) is 11.3 Å². The first-order valence-corrected chi connectivity index (χ1v) is 6.25. The first kappa shape index (κ1) is 11.6. The van der Waals surface area contributed by atoms with Gasteiger partial charge in [-0.1, -0.05) is 12.1 Å². The third-order valence-electron chi connectivity index (χ3n) is 2.17. The monoisotopic (exact) mass is 341 g/mol. The first-order chi connectivity index (χ1) is 7.70. The summed E-state index contributed by atoms with van der Waals surface area (Å²) in [5.74, 6) is 0.832. The molecule has 2 aromatic rings. The molecule has 0 fully saturated rings. The van der Waals surface area contributed by atoms with Gasteiger partial charge in [-0.3, -0.25) is 4.98 Å². The van der Waals surface area contributed by atoms with E-state index in [0.29, 0.717) is 0 Å². The van der Waals surface area contributed by atoms with Crippen molar-refractivity contribution in [2.75, 3.05) is 7.11 Å². The SMILES string of the molecule is COc1cccc(-c2cc(Br)c(Br)cn2)c1. The smallest absolute Gasteiger partial charge is 0.119 e. The molecule has 1 aromatic heterocycles. The van der Waals surface area contributed by atoms with Crippen LogP contribution >= 0.6 is 31.9 Å². The second-order valence-electron chi connectivity index (χ2n) is 3.22. The van der Waals surface area contributed by atoms with E-state index in [9.17, 15) is 0 Å². The lowest BCUT2D eigenvalue weighted by atomic mass is 10.1. The highest BCUT2D eigenvalue weighted by Crippen LogP contribution is 2.28. The van der Waals surface area contributed by atoms with Crippen LogP contribution in [0, 0.1) is 0 Å². The Morgan fingerprint density at radius 1 is 1.12 bits per heavy atom. The zero-order chi connectivity index (χ0) is 11.5. The third kappa shape index (κ3) is 2.44. The average molecular weight is 343 g/mol. The molecule has 0 N–H and O–H groups in total. The van der Waals surface area contributed by atoms with E-state index >= 15 is 0 Å². The number of nitrogens with zero attached hydrogens (tertiary/aromatic N) is 1. The highest BCUT2D eigenvalue weighted by atomic mass is 79.9. The Hall–Kier alpha value is -0.870. The van der Waals surface area contributed by atoms with Gasteiger partial charge in [0.15, 0.2) is 0 Å². The molecule has 82 valence electrons. The maximum atomic E-state index is 5.18. The van der Waals surface area contributed by atoms with Crippen LogP contribution in [0.5, 0.6) is 5.75 Å². The lowest BCUT2D eigenvalue weighted by Gasteiger charge is -2.05. The van der Waals surface area contributed by atoms with Crippen LogP contribution in [0.15, 0.2) is 45.5 Å². The van der Waals surface area contributed by atoms with E-state index in [1.165, 1.54) is 0 Å². The molecule has 0 atom stereocenters. The van der Waals surface area contributed by atoms with E-state index in [2.05, 4.69) is 36.8 Å². The number of benzene rings is 1. The maximum absolute atomic E-state index is 5.18. The fourth-order valence-electron chi connectivity index (χ4n) is 1.35. The van der Waals surface area contributed by atoms with E-state index in [1.54, 1.807) is 13.3 Å². The van der Waals surface area contributed by atoms with Gasteiger partial charge in [0.05, 0.1) is 17.3 Å². The van der Waals surface area contributed by atoms with E-state index in [-0.39, 0.29) is 0 Å². The van der Waals surface area contributed by atoms with Crippen LogP contribution in [0.4, 0.5) is 0 Å². The Morgan fingerprint density at radius 2 is 1.94 bits per heavy atom. The van der Waals surface area contributed by atoms with Gasteiger partial charge in [-0.25, -0.2) is 0 Å². The molecular formula is C12H9Br2NO. The Balaban J connectivity index is 2.46. The summed E-state index contributed by atoms with van der Waals surface area (Å²) in [6.07, 6.45) is 1.78. The van der Waals surface area contributed by atoms with Crippen LogP contribution < -0.4 is 4.74 Å². The fourth-order valence-corrected chi connectivity index (χ4v) is 1.89. The highest BCUT2D eigenvalue weighted by molar-refractivity contribution is 9.13. The highest BCUT2D eigenvalue weighted by Gasteiger charge is 2.03. The van der Waals surface area contributed by atoms with E-state index in [0.717, 1.165) is 26.0 Å². The summed E-state index contributed by atoms with van der Waals surface area (Å²) in [5.41, 5.74) is 1.95. The first-order valence-electron chi connectivity index (χ1n) is 4.66. The number of rotatable bonds is 2. The molecule has 2 nitrogen and oxygen atoms in total. The zero-order valence-corrected chi connectivity index (χ0v) is 11.7. The summed E-state index contributed by atoms with van der Waals surface area (Å²) in [4.78, 5) is 4.35. The van der Waals surface area contributed by atoms with Gasteiger partial charge in [0, 0.05) is 16.2 Å². The molecule has 1 aromatic carbocycles. The second kappa shape index (κ2) is 4.97. The minimum absolute atomic E-state index is 0.832. The summed E-state index contributed by atoms with van der Waals surface area (Å²) < 4.78 is 7.11. The molecule has 1 heterocycles. The number of hydrogen-bond donors (Lipinski definition) is 0. The van der Waals surface area contributed by atoms with Gasteiger partial charge in [-0.05, 0) is 50.1 Å². The lowest BCUT2D eigenvalue weighted by molar-refractivity contribution is 0.415. The van der Waals surface area contributed by atoms with Gasteiger partial charge in [0.2, 0.25) is 0 Å². The standard InChI is InChI=1S/C12H9Br2NO/c1-16-9-4-2-3-8(5-9)12-6-10(13)11(14)7-15-12/h2-7H,1H3. The third-order valence-corrected chi connectivity index (χ3v) is 3.99. The van der Waals surface area contributed by atoms with Crippen molar-refractivity contribution in [3.8, 4) is 17.0 Å². The van der Waals surface area contributed by atoms with E-state index in [4.69, 9.17) is 4.74 Å². The molecule has 0 saturated carbocycles. The number of hydrogen-bond acceptors (Lipinski definition) is 2. The summed E-state index contributed by atoms with van der Waals surface area (Å²) in [5, 5.41) is 0. The van der Waals surface area contributed by atoms with Crippen LogP contribution in [0.3, 0.4) is 0 Å². The van der Waals surface area contributed by atoms with Gasteiger partial charge in [-0.15, -0.1) is 0 Å². The Morgan fingerprint density at radius 3 is 2.62 bits per heavy atom. The largest absolute Gasteiger partial charge is 0.497 e. The van der Waals surface area contributed by atoms with Gasteiger partial charge in [0.25, 0.3) is 0 Å². The van der Waals surface area contributed by atoms with Gasteiger partial charge in [0.1, 0.15) is 5.75 Å². The Bertz CT molecular complexity index is 514. The molecule has 0 aliphatic heterocycles. The van der Waals surface area contributed by atoms with Crippen LogP contribution in [-0.2, 0) is 0 Å². The summed E-state index contributed by atoms with van der Waals surface area (Å²) in [6, 6.07) is 9.80.